The Kier molecular flexibility index (Phi) is 4.11. The molecule has 1 aromatic rings. The van der Waals surface area contributed by atoms with Crippen LogP contribution in [0, 0.1) is 0 Å². The number of aromatic nitrogens is 2. The smallest absolute Gasteiger partial charge is 0.115 e. The molecule has 1 rings (SSSR count). The molecule has 0 unspecified atom stereocenters. The fourth-order valence-electron chi connectivity index (χ4n) is 0.701. The first-order valence-corrected chi connectivity index (χ1v) is 4.97. The van der Waals surface area contributed by atoms with E-state index in [0.717, 1.165) is 11.3 Å². The minimum atomic E-state index is 0.811. The van der Waals surface area contributed by atoms with E-state index in [1.807, 2.05) is 13.2 Å². The fraction of sp³-hybridized carbons (Fsp3) is 0.250. The van der Waals surface area contributed by atoms with Crippen LogP contribution in [0.2, 0.25) is 0 Å². The second-order valence-electron chi connectivity index (χ2n) is 2.27. The van der Waals surface area contributed by atoms with Gasteiger partial charge in [-0.1, -0.05) is 0 Å². The van der Waals surface area contributed by atoms with Crippen molar-refractivity contribution in [2.75, 3.05) is 6.26 Å². The van der Waals surface area contributed by atoms with Crippen LogP contribution < -0.4 is 0 Å². The van der Waals surface area contributed by atoms with Gasteiger partial charge in [-0.25, -0.2) is 9.97 Å². The molecule has 0 amide bonds. The van der Waals surface area contributed by atoms with Gasteiger partial charge in [-0.05, 0) is 13.2 Å². The Morgan fingerprint density at radius 3 is 2.77 bits per heavy atom. The second-order valence-corrected chi connectivity index (χ2v) is 2.95. The highest BCUT2D eigenvalue weighted by atomic mass is 32.2. The van der Waals surface area contributed by atoms with Crippen molar-refractivity contribution in [3.63, 3.8) is 0 Å². The number of rotatable bonds is 3. The maximum atomic E-state index is 3.97. The maximum Gasteiger partial charge on any atom is 0.115 e. The van der Waals surface area contributed by atoms with Crippen molar-refractivity contribution in [3.05, 3.63) is 24.3 Å². The summed E-state index contributed by atoms with van der Waals surface area (Å²) in [6.07, 6.45) is 6.84. The average Bonchev–Trinajstić information content (AvgIpc) is 2.19. The van der Waals surface area contributed by atoms with E-state index in [-0.39, 0.29) is 0 Å². The molecule has 0 spiro atoms. The lowest BCUT2D eigenvalue weighted by atomic mass is 10.2. The first kappa shape index (κ1) is 9.85. The molecule has 1 aromatic heterocycles. The lowest BCUT2D eigenvalue weighted by Gasteiger charge is -1.94. The number of hydrogen-bond acceptors (Lipinski definition) is 5. The molecule has 0 saturated heterocycles. The molecule has 5 heteroatoms. The molecule has 0 bridgehead atoms. The summed E-state index contributed by atoms with van der Waals surface area (Å²) in [7, 11) is 0. The Hall–Kier alpha value is -1.23. The minimum Gasteiger partial charge on any atom is -0.244 e. The largest absolute Gasteiger partial charge is 0.244 e. The van der Waals surface area contributed by atoms with Gasteiger partial charge in [-0.3, -0.25) is 0 Å². The molecule has 0 radical (unpaired) electrons. The highest BCUT2D eigenvalue weighted by Gasteiger charge is 1.94. The first-order valence-electron chi connectivity index (χ1n) is 3.69. The molecule has 0 aromatic carbocycles. The van der Waals surface area contributed by atoms with Crippen LogP contribution in [0.25, 0.3) is 0 Å². The third kappa shape index (κ3) is 3.33. The molecule has 13 heavy (non-hydrogen) atoms. The van der Waals surface area contributed by atoms with Gasteiger partial charge in [0.2, 0.25) is 0 Å². The third-order valence-corrected chi connectivity index (χ3v) is 1.64. The zero-order chi connectivity index (χ0) is 9.52. The quantitative estimate of drug-likeness (QED) is 0.417. The summed E-state index contributed by atoms with van der Waals surface area (Å²) in [5.41, 5.74) is 3.37. The normalized spacial score (nSPS) is 12.3. The van der Waals surface area contributed by atoms with Crippen molar-refractivity contribution < 1.29 is 0 Å². The van der Waals surface area contributed by atoms with E-state index in [4.69, 9.17) is 0 Å². The Labute approximate surface area is 81.2 Å². The lowest BCUT2D eigenvalue weighted by molar-refractivity contribution is 1.15. The maximum absolute atomic E-state index is 3.97. The lowest BCUT2D eigenvalue weighted by Crippen LogP contribution is -1.95. The van der Waals surface area contributed by atoms with Crippen LogP contribution in [0.4, 0.5) is 0 Å². The number of thioether (sulfide) groups is 1. The van der Waals surface area contributed by atoms with E-state index >= 15 is 0 Å². The van der Waals surface area contributed by atoms with Crippen LogP contribution >= 0.6 is 11.8 Å². The molecule has 68 valence electrons. The van der Waals surface area contributed by atoms with Gasteiger partial charge in [-0.15, -0.1) is 11.8 Å². The van der Waals surface area contributed by atoms with Gasteiger partial charge in [0, 0.05) is 18.0 Å². The predicted molar refractivity (Wildman–Crippen MR) is 56.3 cm³/mol. The van der Waals surface area contributed by atoms with Gasteiger partial charge in [0.05, 0.1) is 11.3 Å². The zero-order valence-electron chi connectivity index (χ0n) is 7.51. The van der Waals surface area contributed by atoms with Crippen LogP contribution in [0.15, 0.2) is 28.9 Å². The molecule has 0 aliphatic heterocycles. The molecular formula is C8H10N4S. The van der Waals surface area contributed by atoms with E-state index < -0.39 is 0 Å². The zero-order valence-corrected chi connectivity index (χ0v) is 8.32. The average molecular weight is 194 g/mol. The Morgan fingerprint density at radius 1 is 1.46 bits per heavy atom. The van der Waals surface area contributed by atoms with E-state index in [0.29, 0.717) is 0 Å². The number of nitrogens with zero attached hydrogens (tertiary/aromatic N) is 4. The van der Waals surface area contributed by atoms with E-state index in [2.05, 4.69) is 20.2 Å². The topological polar surface area (TPSA) is 50.5 Å². The van der Waals surface area contributed by atoms with Crippen molar-refractivity contribution in [2.24, 2.45) is 10.2 Å². The van der Waals surface area contributed by atoms with E-state index in [1.54, 1.807) is 17.9 Å². The molecule has 4 nitrogen and oxygen atoms in total. The highest BCUT2D eigenvalue weighted by Crippen LogP contribution is 1.96. The van der Waals surface area contributed by atoms with Crippen molar-refractivity contribution >= 4 is 23.0 Å². The third-order valence-electron chi connectivity index (χ3n) is 1.34. The van der Waals surface area contributed by atoms with Gasteiger partial charge in [0.25, 0.3) is 0 Å². The molecule has 0 aliphatic rings. The predicted octanol–water partition coefficient (Wildman–Crippen LogP) is 1.59. The Morgan fingerprint density at radius 2 is 2.15 bits per heavy atom. The van der Waals surface area contributed by atoms with Gasteiger partial charge < -0.3 is 0 Å². The SMILES string of the molecule is CSC=NN=C(C)c1cncnc1. The van der Waals surface area contributed by atoms with E-state index in [9.17, 15) is 0 Å². The molecular weight excluding hydrogens is 184 g/mol. The van der Waals surface area contributed by atoms with Crippen LogP contribution in [-0.4, -0.2) is 27.5 Å². The summed E-state index contributed by atoms with van der Waals surface area (Å²) < 4.78 is 0. The monoisotopic (exact) mass is 194 g/mol. The van der Waals surface area contributed by atoms with Gasteiger partial charge in [-0.2, -0.15) is 10.2 Å². The number of hydrogen-bond donors (Lipinski definition) is 0. The van der Waals surface area contributed by atoms with Crippen molar-refractivity contribution in [1.29, 1.82) is 0 Å². The van der Waals surface area contributed by atoms with Crippen LogP contribution in [0.1, 0.15) is 12.5 Å². The standard InChI is InChI=1S/C8H10N4S/c1-7(12-11-6-13-2)8-3-9-5-10-4-8/h3-6H,1-2H3. The molecule has 0 aliphatic carbocycles. The minimum absolute atomic E-state index is 0.811. The Bertz CT molecular complexity index is 307. The first-order chi connectivity index (χ1) is 6.34. The molecule has 0 atom stereocenters. The molecule has 1 heterocycles. The summed E-state index contributed by atoms with van der Waals surface area (Å²) in [4.78, 5) is 7.77. The molecule has 0 fully saturated rings. The van der Waals surface area contributed by atoms with Crippen LogP contribution in [0.3, 0.4) is 0 Å². The van der Waals surface area contributed by atoms with Crippen molar-refractivity contribution in [1.82, 2.24) is 9.97 Å². The fourth-order valence-corrected chi connectivity index (χ4v) is 0.842. The van der Waals surface area contributed by atoms with Crippen LogP contribution in [0.5, 0.6) is 0 Å². The highest BCUT2D eigenvalue weighted by molar-refractivity contribution is 8.11. The van der Waals surface area contributed by atoms with Gasteiger partial charge in [0.15, 0.2) is 0 Å². The van der Waals surface area contributed by atoms with Gasteiger partial charge >= 0.3 is 0 Å². The second kappa shape index (κ2) is 5.42. The summed E-state index contributed by atoms with van der Waals surface area (Å²) in [5.74, 6) is 0. The van der Waals surface area contributed by atoms with E-state index in [1.165, 1.54) is 18.1 Å². The summed E-state index contributed by atoms with van der Waals surface area (Å²) in [6.45, 7) is 1.87. The Balaban J connectivity index is 2.73. The molecule has 0 N–H and O–H groups in total. The van der Waals surface area contributed by atoms with Gasteiger partial charge in [0.1, 0.15) is 6.33 Å². The summed E-state index contributed by atoms with van der Waals surface area (Å²) >= 11 is 1.51. The van der Waals surface area contributed by atoms with Crippen molar-refractivity contribution in [2.45, 2.75) is 6.92 Å². The van der Waals surface area contributed by atoms with Crippen LogP contribution in [-0.2, 0) is 0 Å². The summed E-state index contributed by atoms with van der Waals surface area (Å²) in [6, 6.07) is 0. The molecule has 0 saturated carbocycles. The van der Waals surface area contributed by atoms with Crippen molar-refractivity contribution in [3.8, 4) is 0 Å². The summed E-state index contributed by atoms with van der Waals surface area (Å²) in [5, 5.41) is 7.81.